The summed E-state index contributed by atoms with van der Waals surface area (Å²) in [6, 6.07) is 11.4. The molecule has 1 saturated heterocycles. The van der Waals surface area contributed by atoms with Crippen molar-refractivity contribution >= 4 is 6.08 Å². The highest BCUT2D eigenvalue weighted by atomic mass is 15.0. The van der Waals surface area contributed by atoms with Crippen molar-refractivity contribution in [1.29, 1.82) is 0 Å². The predicted octanol–water partition coefficient (Wildman–Crippen LogP) is 3.07. The quantitative estimate of drug-likeness (QED) is 0.859. The summed E-state index contributed by atoms with van der Waals surface area (Å²) in [6.07, 6.45) is 6.34. The monoisotopic (exact) mass is 270 g/mol. The van der Waals surface area contributed by atoms with Crippen LogP contribution >= 0.6 is 0 Å². The van der Waals surface area contributed by atoms with E-state index in [0.717, 1.165) is 17.9 Å². The van der Waals surface area contributed by atoms with Gasteiger partial charge in [0, 0.05) is 6.04 Å². The highest BCUT2D eigenvalue weighted by Crippen LogP contribution is 2.38. The third-order valence-electron chi connectivity index (χ3n) is 4.70. The molecule has 2 nitrogen and oxygen atoms in total. The zero-order chi connectivity index (χ0) is 13.8. The van der Waals surface area contributed by atoms with Crippen molar-refractivity contribution < 1.29 is 0 Å². The van der Waals surface area contributed by atoms with Gasteiger partial charge in [-0.3, -0.25) is 0 Å². The van der Waals surface area contributed by atoms with Gasteiger partial charge < -0.3 is 10.6 Å². The Morgan fingerprint density at radius 3 is 2.75 bits per heavy atom. The molecule has 2 atom stereocenters. The third-order valence-corrected chi connectivity index (χ3v) is 4.70. The molecule has 1 aliphatic heterocycles. The number of nitrogens with one attached hydrogen (secondary N) is 2. The fourth-order valence-electron chi connectivity index (χ4n) is 3.25. The van der Waals surface area contributed by atoms with Crippen LogP contribution in [-0.2, 0) is 0 Å². The van der Waals surface area contributed by atoms with E-state index in [1.165, 1.54) is 50.0 Å². The van der Waals surface area contributed by atoms with Crippen molar-refractivity contribution in [2.24, 2.45) is 11.8 Å². The predicted molar refractivity (Wildman–Crippen MR) is 85.6 cm³/mol. The molecule has 0 radical (unpaired) electrons. The first-order chi connectivity index (χ1) is 9.83. The Hall–Kier alpha value is -1.12. The van der Waals surface area contributed by atoms with Crippen molar-refractivity contribution in [3.63, 3.8) is 0 Å². The molecule has 1 heterocycles. The van der Waals surface area contributed by atoms with Crippen molar-refractivity contribution in [3.05, 3.63) is 41.5 Å². The highest BCUT2D eigenvalue weighted by Gasteiger charge is 2.37. The van der Waals surface area contributed by atoms with Gasteiger partial charge in [0.25, 0.3) is 0 Å². The smallest absolute Gasteiger partial charge is 0.0139 e. The van der Waals surface area contributed by atoms with Crippen LogP contribution in [0.4, 0.5) is 0 Å². The summed E-state index contributed by atoms with van der Waals surface area (Å²) in [5.41, 5.74) is 2.85. The van der Waals surface area contributed by atoms with Gasteiger partial charge in [-0.2, -0.15) is 0 Å². The molecule has 2 aliphatic rings. The van der Waals surface area contributed by atoms with Crippen molar-refractivity contribution in [2.45, 2.75) is 32.2 Å². The third kappa shape index (κ3) is 3.71. The maximum Gasteiger partial charge on any atom is 0.0139 e. The lowest BCUT2D eigenvalue weighted by molar-refractivity contribution is 0.354. The molecule has 1 saturated carbocycles. The fourth-order valence-corrected chi connectivity index (χ4v) is 3.25. The molecule has 20 heavy (non-hydrogen) atoms. The summed E-state index contributed by atoms with van der Waals surface area (Å²) in [6.45, 7) is 5.89. The zero-order valence-corrected chi connectivity index (χ0v) is 12.4. The van der Waals surface area contributed by atoms with E-state index in [-0.39, 0.29) is 0 Å². The number of piperidine rings is 1. The molecule has 0 spiro atoms. The Labute approximate surface area is 122 Å². The van der Waals surface area contributed by atoms with E-state index in [2.05, 4.69) is 54.0 Å². The van der Waals surface area contributed by atoms with E-state index in [9.17, 15) is 0 Å². The number of benzene rings is 1. The van der Waals surface area contributed by atoms with Crippen LogP contribution in [0.15, 0.2) is 35.9 Å². The van der Waals surface area contributed by atoms with Gasteiger partial charge in [0.15, 0.2) is 0 Å². The first-order valence-electron chi connectivity index (χ1n) is 8.00. The van der Waals surface area contributed by atoms with Gasteiger partial charge in [0.05, 0.1) is 0 Å². The van der Waals surface area contributed by atoms with Crippen LogP contribution < -0.4 is 10.6 Å². The van der Waals surface area contributed by atoms with Crippen molar-refractivity contribution in [1.82, 2.24) is 10.6 Å². The Balaban J connectivity index is 1.45. The second-order valence-corrected chi connectivity index (χ2v) is 6.35. The van der Waals surface area contributed by atoms with Gasteiger partial charge in [-0.15, -0.1) is 0 Å². The number of rotatable bonds is 5. The normalized spacial score (nSPS) is 27.6. The summed E-state index contributed by atoms with van der Waals surface area (Å²) in [4.78, 5) is 0. The molecule has 2 N–H and O–H groups in total. The Morgan fingerprint density at radius 2 is 2.00 bits per heavy atom. The second-order valence-electron chi connectivity index (χ2n) is 6.35. The lowest BCUT2D eigenvalue weighted by atomic mass is 9.98. The van der Waals surface area contributed by atoms with Gasteiger partial charge in [-0.25, -0.2) is 0 Å². The minimum absolute atomic E-state index is 0.727. The molecule has 2 heteroatoms. The molecule has 108 valence electrons. The van der Waals surface area contributed by atoms with Gasteiger partial charge in [0.2, 0.25) is 0 Å². The van der Waals surface area contributed by atoms with Crippen LogP contribution in [0.25, 0.3) is 6.08 Å². The van der Waals surface area contributed by atoms with Crippen LogP contribution in [0.2, 0.25) is 0 Å². The second kappa shape index (κ2) is 6.55. The van der Waals surface area contributed by atoms with E-state index >= 15 is 0 Å². The van der Waals surface area contributed by atoms with Gasteiger partial charge in [-0.1, -0.05) is 42.0 Å². The molecule has 3 rings (SSSR count). The van der Waals surface area contributed by atoms with E-state index in [4.69, 9.17) is 0 Å². The first-order valence-corrected chi connectivity index (χ1v) is 8.00. The zero-order valence-electron chi connectivity index (χ0n) is 12.4. The number of hydrogen-bond donors (Lipinski definition) is 2. The standard InChI is InChI=1S/C18H26N2/c1-14(11-15-5-3-2-4-6-15)17-12-18(17)20-13-16-7-9-19-10-8-16/h2-6,11,16-20H,7-10,12-13H2,1H3. The Kier molecular flexibility index (Phi) is 4.54. The molecule has 0 aromatic heterocycles. The van der Waals surface area contributed by atoms with Gasteiger partial charge >= 0.3 is 0 Å². The van der Waals surface area contributed by atoms with E-state index < -0.39 is 0 Å². The van der Waals surface area contributed by atoms with Crippen LogP contribution in [0.3, 0.4) is 0 Å². The first kappa shape index (κ1) is 13.8. The highest BCUT2D eigenvalue weighted by molar-refractivity contribution is 5.53. The summed E-state index contributed by atoms with van der Waals surface area (Å²) in [7, 11) is 0. The van der Waals surface area contributed by atoms with Crippen LogP contribution in [-0.4, -0.2) is 25.7 Å². The van der Waals surface area contributed by atoms with E-state index in [1.54, 1.807) is 0 Å². The molecule has 1 aromatic rings. The summed E-state index contributed by atoms with van der Waals surface area (Å²) >= 11 is 0. The number of hydrogen-bond acceptors (Lipinski definition) is 2. The molecule has 1 aliphatic carbocycles. The molecule has 0 bridgehead atoms. The Bertz CT molecular complexity index is 446. The lowest BCUT2D eigenvalue weighted by Crippen LogP contribution is -2.34. The largest absolute Gasteiger partial charge is 0.317 e. The van der Waals surface area contributed by atoms with Crippen LogP contribution in [0, 0.1) is 11.8 Å². The van der Waals surface area contributed by atoms with Crippen molar-refractivity contribution in [2.75, 3.05) is 19.6 Å². The fraction of sp³-hybridized carbons (Fsp3) is 0.556. The molecule has 2 unspecified atom stereocenters. The summed E-state index contributed by atoms with van der Waals surface area (Å²) in [5.74, 6) is 1.65. The van der Waals surface area contributed by atoms with E-state index in [1.807, 2.05) is 0 Å². The molecule has 1 aromatic carbocycles. The minimum atomic E-state index is 0.727. The average Bonchev–Trinajstić information content (AvgIpc) is 3.27. The molecular weight excluding hydrogens is 244 g/mol. The summed E-state index contributed by atoms with van der Waals surface area (Å²) < 4.78 is 0. The summed E-state index contributed by atoms with van der Waals surface area (Å²) in [5, 5.41) is 7.21. The van der Waals surface area contributed by atoms with Crippen LogP contribution in [0.1, 0.15) is 31.7 Å². The topological polar surface area (TPSA) is 24.1 Å². The Morgan fingerprint density at radius 1 is 1.25 bits per heavy atom. The van der Waals surface area contributed by atoms with Crippen LogP contribution in [0.5, 0.6) is 0 Å². The van der Waals surface area contributed by atoms with Gasteiger partial charge in [-0.05, 0) is 63.2 Å². The molecular formula is C18H26N2. The SMILES string of the molecule is CC(=Cc1ccccc1)C1CC1NCC1CCNCC1. The van der Waals surface area contributed by atoms with Crippen molar-refractivity contribution in [3.8, 4) is 0 Å². The minimum Gasteiger partial charge on any atom is -0.317 e. The molecule has 2 fully saturated rings. The lowest BCUT2D eigenvalue weighted by Gasteiger charge is -2.22. The van der Waals surface area contributed by atoms with E-state index in [0.29, 0.717) is 0 Å². The molecule has 0 amide bonds. The average molecular weight is 270 g/mol. The van der Waals surface area contributed by atoms with Gasteiger partial charge in [0.1, 0.15) is 0 Å². The maximum absolute atomic E-state index is 3.77. The maximum atomic E-state index is 3.77.